The van der Waals surface area contributed by atoms with E-state index in [0.29, 0.717) is 0 Å². The van der Waals surface area contributed by atoms with Crippen LogP contribution in [-0.4, -0.2) is 56.8 Å². The molecule has 0 aromatic carbocycles. The second-order valence-electron chi connectivity index (χ2n) is 6.35. The van der Waals surface area contributed by atoms with Crippen LogP contribution in [0.2, 0.25) is 0 Å². The van der Waals surface area contributed by atoms with Gasteiger partial charge in [0.15, 0.2) is 5.65 Å². The molecule has 0 saturated carbocycles. The molecular formula is C14H20N6O. The van der Waals surface area contributed by atoms with Crippen LogP contribution in [-0.2, 0) is 4.79 Å². The molecule has 1 saturated heterocycles. The minimum Gasteiger partial charge on any atom is -0.352 e. The second-order valence-corrected chi connectivity index (χ2v) is 6.35. The van der Waals surface area contributed by atoms with E-state index in [9.17, 15) is 4.79 Å². The zero-order chi connectivity index (χ0) is 15.0. The Kier molecular flexibility index (Phi) is 3.27. The topological polar surface area (TPSA) is 66.6 Å². The van der Waals surface area contributed by atoms with Gasteiger partial charge in [0.05, 0.1) is 0 Å². The summed E-state index contributed by atoms with van der Waals surface area (Å²) < 4.78 is 1.67. The third-order valence-electron chi connectivity index (χ3n) is 3.68. The standard InChI is InChI=1S/C14H20N6O/c1-14(2,3)13(21)19-8-6-18(7-9-19)12-5-4-11-16-15-10-20(11)17-12/h4-5,10H,6-9H2,1-3H3. The van der Waals surface area contributed by atoms with Crippen LogP contribution in [0.25, 0.3) is 5.65 Å². The summed E-state index contributed by atoms with van der Waals surface area (Å²) in [6.45, 7) is 8.94. The molecule has 7 nitrogen and oxygen atoms in total. The Balaban J connectivity index is 1.69. The number of piperazine rings is 1. The van der Waals surface area contributed by atoms with Gasteiger partial charge >= 0.3 is 0 Å². The molecule has 0 atom stereocenters. The highest BCUT2D eigenvalue weighted by molar-refractivity contribution is 5.81. The smallest absolute Gasteiger partial charge is 0.228 e. The van der Waals surface area contributed by atoms with Gasteiger partial charge in [0, 0.05) is 31.6 Å². The minimum absolute atomic E-state index is 0.212. The van der Waals surface area contributed by atoms with E-state index >= 15 is 0 Å². The summed E-state index contributed by atoms with van der Waals surface area (Å²) >= 11 is 0. The van der Waals surface area contributed by atoms with Gasteiger partial charge in [-0.3, -0.25) is 4.79 Å². The number of hydrogen-bond acceptors (Lipinski definition) is 5. The van der Waals surface area contributed by atoms with Gasteiger partial charge in [0.1, 0.15) is 12.1 Å². The van der Waals surface area contributed by atoms with Crippen molar-refractivity contribution in [3.05, 3.63) is 18.5 Å². The highest BCUT2D eigenvalue weighted by Crippen LogP contribution is 2.20. The van der Waals surface area contributed by atoms with Crippen LogP contribution in [0, 0.1) is 5.41 Å². The molecular weight excluding hydrogens is 268 g/mol. The predicted octanol–water partition coefficient (Wildman–Crippen LogP) is 0.819. The summed E-state index contributed by atoms with van der Waals surface area (Å²) in [6.07, 6.45) is 1.60. The van der Waals surface area contributed by atoms with Crippen molar-refractivity contribution in [3.63, 3.8) is 0 Å². The third kappa shape index (κ3) is 2.68. The van der Waals surface area contributed by atoms with Crippen LogP contribution in [0.4, 0.5) is 5.82 Å². The molecule has 1 aliphatic rings. The average Bonchev–Trinajstić information content (AvgIpc) is 2.93. The fraction of sp³-hybridized carbons (Fsp3) is 0.571. The number of carbonyl (C=O) groups is 1. The first-order chi connectivity index (χ1) is 9.95. The molecule has 112 valence electrons. The fourth-order valence-corrected chi connectivity index (χ4v) is 2.50. The lowest BCUT2D eigenvalue weighted by Gasteiger charge is -2.38. The molecule has 3 rings (SSSR count). The number of nitrogens with zero attached hydrogens (tertiary/aromatic N) is 6. The number of carbonyl (C=O) groups excluding carboxylic acids is 1. The molecule has 3 heterocycles. The zero-order valence-corrected chi connectivity index (χ0v) is 12.7. The molecule has 1 aliphatic heterocycles. The van der Waals surface area contributed by atoms with Crippen LogP contribution in [0.3, 0.4) is 0 Å². The maximum atomic E-state index is 12.3. The van der Waals surface area contributed by atoms with Crippen molar-refractivity contribution in [1.82, 2.24) is 24.7 Å². The summed E-state index contributed by atoms with van der Waals surface area (Å²) in [5.74, 6) is 1.11. The summed E-state index contributed by atoms with van der Waals surface area (Å²) in [7, 11) is 0. The average molecular weight is 288 g/mol. The Hall–Kier alpha value is -2.18. The maximum absolute atomic E-state index is 12.3. The van der Waals surface area contributed by atoms with Crippen molar-refractivity contribution in [2.75, 3.05) is 31.1 Å². The molecule has 1 amide bonds. The lowest BCUT2D eigenvalue weighted by atomic mass is 9.94. The normalized spacial score (nSPS) is 16.5. The van der Waals surface area contributed by atoms with Crippen molar-refractivity contribution in [2.24, 2.45) is 5.41 Å². The second kappa shape index (κ2) is 4.98. The van der Waals surface area contributed by atoms with Crippen molar-refractivity contribution in [1.29, 1.82) is 0 Å². The van der Waals surface area contributed by atoms with Gasteiger partial charge in [0.25, 0.3) is 0 Å². The molecule has 0 spiro atoms. The van der Waals surface area contributed by atoms with Crippen LogP contribution in [0.5, 0.6) is 0 Å². The summed E-state index contributed by atoms with van der Waals surface area (Å²) in [4.78, 5) is 16.4. The molecule has 0 N–H and O–H groups in total. The molecule has 21 heavy (non-hydrogen) atoms. The number of fused-ring (bicyclic) bond motifs is 1. The van der Waals surface area contributed by atoms with E-state index in [4.69, 9.17) is 0 Å². The number of amides is 1. The van der Waals surface area contributed by atoms with Crippen LogP contribution < -0.4 is 4.90 Å². The van der Waals surface area contributed by atoms with Crippen LogP contribution in [0.15, 0.2) is 18.5 Å². The van der Waals surface area contributed by atoms with E-state index < -0.39 is 0 Å². The summed E-state index contributed by atoms with van der Waals surface area (Å²) in [5, 5.41) is 12.3. The molecule has 0 bridgehead atoms. The molecule has 2 aromatic heterocycles. The molecule has 0 aliphatic carbocycles. The molecule has 2 aromatic rings. The largest absolute Gasteiger partial charge is 0.352 e. The van der Waals surface area contributed by atoms with E-state index in [1.807, 2.05) is 37.8 Å². The molecule has 0 unspecified atom stereocenters. The first-order valence-electron chi connectivity index (χ1n) is 7.16. The third-order valence-corrected chi connectivity index (χ3v) is 3.68. The lowest BCUT2D eigenvalue weighted by molar-refractivity contribution is -0.139. The highest BCUT2D eigenvalue weighted by atomic mass is 16.2. The number of hydrogen-bond donors (Lipinski definition) is 0. The monoisotopic (exact) mass is 288 g/mol. The van der Waals surface area contributed by atoms with Crippen LogP contribution in [0.1, 0.15) is 20.8 Å². The van der Waals surface area contributed by atoms with Crippen molar-refractivity contribution >= 4 is 17.4 Å². The summed E-state index contributed by atoms with van der Waals surface area (Å²) in [5.41, 5.74) is 0.419. The van der Waals surface area contributed by atoms with E-state index in [-0.39, 0.29) is 11.3 Å². The van der Waals surface area contributed by atoms with E-state index in [2.05, 4.69) is 20.2 Å². The van der Waals surface area contributed by atoms with Crippen LogP contribution >= 0.6 is 0 Å². The Labute approximate surface area is 123 Å². The Morgan fingerprint density at radius 3 is 2.52 bits per heavy atom. The number of rotatable bonds is 1. The Morgan fingerprint density at radius 2 is 1.86 bits per heavy atom. The van der Waals surface area contributed by atoms with Crippen molar-refractivity contribution < 1.29 is 4.79 Å². The van der Waals surface area contributed by atoms with Gasteiger partial charge in [0.2, 0.25) is 5.91 Å². The Bertz CT molecular complexity index is 651. The van der Waals surface area contributed by atoms with Crippen molar-refractivity contribution in [2.45, 2.75) is 20.8 Å². The van der Waals surface area contributed by atoms with E-state index in [0.717, 1.165) is 37.6 Å². The number of anilines is 1. The maximum Gasteiger partial charge on any atom is 0.228 e. The SMILES string of the molecule is CC(C)(C)C(=O)N1CCN(c2ccc3nncn3n2)CC1. The number of aromatic nitrogens is 4. The van der Waals surface area contributed by atoms with E-state index in [1.54, 1.807) is 10.8 Å². The van der Waals surface area contributed by atoms with Gasteiger partial charge in [-0.25, -0.2) is 0 Å². The lowest BCUT2D eigenvalue weighted by Crippen LogP contribution is -2.51. The first kappa shape index (κ1) is 13.8. The fourth-order valence-electron chi connectivity index (χ4n) is 2.50. The zero-order valence-electron chi connectivity index (χ0n) is 12.7. The summed E-state index contributed by atoms with van der Waals surface area (Å²) in [6, 6.07) is 3.85. The van der Waals surface area contributed by atoms with Gasteiger partial charge in [-0.15, -0.1) is 15.3 Å². The highest BCUT2D eigenvalue weighted by Gasteiger charge is 2.29. The molecule has 1 fully saturated rings. The van der Waals surface area contributed by atoms with E-state index in [1.165, 1.54) is 0 Å². The predicted molar refractivity (Wildman–Crippen MR) is 79.0 cm³/mol. The van der Waals surface area contributed by atoms with Gasteiger partial charge in [-0.05, 0) is 12.1 Å². The molecule has 0 radical (unpaired) electrons. The van der Waals surface area contributed by atoms with Gasteiger partial charge < -0.3 is 9.80 Å². The Morgan fingerprint density at radius 1 is 1.14 bits per heavy atom. The van der Waals surface area contributed by atoms with Gasteiger partial charge in [-0.1, -0.05) is 20.8 Å². The molecule has 7 heteroatoms. The van der Waals surface area contributed by atoms with Gasteiger partial charge in [-0.2, -0.15) is 4.52 Å². The minimum atomic E-state index is -0.318. The first-order valence-corrected chi connectivity index (χ1v) is 7.16. The quantitative estimate of drug-likeness (QED) is 0.777. The van der Waals surface area contributed by atoms with Crippen molar-refractivity contribution in [3.8, 4) is 0 Å².